The Morgan fingerprint density at radius 3 is 2.44 bits per heavy atom. The molecule has 0 amide bonds. The molecule has 16 heavy (non-hydrogen) atoms. The molecule has 3 heteroatoms. The van der Waals surface area contributed by atoms with Gasteiger partial charge in [-0.1, -0.05) is 19.1 Å². The van der Waals surface area contributed by atoms with E-state index in [0.29, 0.717) is 0 Å². The molecule has 3 nitrogen and oxygen atoms in total. The first-order valence-electron chi connectivity index (χ1n) is 5.50. The van der Waals surface area contributed by atoms with Crippen molar-refractivity contribution in [1.29, 1.82) is 5.26 Å². The normalized spacial score (nSPS) is 13.9. The highest BCUT2D eigenvalue weighted by molar-refractivity contribution is 5.29. The maximum atomic E-state index is 8.87. The minimum absolute atomic E-state index is 0.0860. The largest absolute Gasteiger partial charge is 0.497 e. The van der Waals surface area contributed by atoms with Crippen molar-refractivity contribution in [2.24, 2.45) is 0 Å². The Morgan fingerprint density at radius 1 is 1.38 bits per heavy atom. The summed E-state index contributed by atoms with van der Waals surface area (Å²) in [5.74, 6) is 0.850. The average Bonchev–Trinajstić information content (AvgIpc) is 2.35. The quantitative estimate of drug-likeness (QED) is 0.826. The number of hydrogen-bond acceptors (Lipinski definition) is 3. The van der Waals surface area contributed by atoms with Gasteiger partial charge in [-0.3, -0.25) is 5.32 Å². The fraction of sp³-hybridized carbons (Fsp3) is 0.462. The molecule has 1 unspecified atom stereocenters. The van der Waals surface area contributed by atoms with Gasteiger partial charge in [0.1, 0.15) is 5.75 Å². The van der Waals surface area contributed by atoms with Crippen molar-refractivity contribution in [3.8, 4) is 11.8 Å². The van der Waals surface area contributed by atoms with E-state index in [9.17, 15) is 0 Å². The third-order valence-electron chi connectivity index (χ3n) is 2.63. The van der Waals surface area contributed by atoms with Crippen LogP contribution in [0, 0.1) is 11.3 Å². The molecule has 0 radical (unpaired) electrons. The van der Waals surface area contributed by atoms with Gasteiger partial charge in [-0.05, 0) is 31.0 Å². The van der Waals surface area contributed by atoms with Gasteiger partial charge in [0.2, 0.25) is 0 Å². The summed E-state index contributed by atoms with van der Waals surface area (Å²) in [5, 5.41) is 12.1. The van der Waals surface area contributed by atoms with E-state index >= 15 is 0 Å². The summed E-state index contributed by atoms with van der Waals surface area (Å²) in [7, 11) is 1.65. The number of nitrogens with zero attached hydrogens (tertiary/aromatic N) is 1. The van der Waals surface area contributed by atoms with Crippen LogP contribution < -0.4 is 10.1 Å². The molecule has 0 aliphatic heterocycles. The molecular weight excluding hydrogens is 200 g/mol. The van der Waals surface area contributed by atoms with Gasteiger partial charge in [-0.15, -0.1) is 0 Å². The molecular formula is C13H18N2O. The summed E-state index contributed by atoms with van der Waals surface area (Å²) in [4.78, 5) is 0. The first kappa shape index (κ1) is 12.5. The van der Waals surface area contributed by atoms with E-state index in [-0.39, 0.29) is 12.1 Å². The lowest BCUT2D eigenvalue weighted by Gasteiger charge is -2.17. The smallest absolute Gasteiger partial charge is 0.118 e. The number of ether oxygens (including phenoxy) is 1. The fourth-order valence-electron chi connectivity index (χ4n) is 1.54. The summed E-state index contributed by atoms with van der Waals surface area (Å²) in [6, 6.07) is 10.2. The fourth-order valence-corrected chi connectivity index (χ4v) is 1.54. The zero-order valence-corrected chi connectivity index (χ0v) is 10.0. The first-order chi connectivity index (χ1) is 7.71. The average molecular weight is 218 g/mol. The molecule has 0 heterocycles. The lowest BCUT2D eigenvalue weighted by Crippen LogP contribution is -2.29. The number of rotatable bonds is 5. The van der Waals surface area contributed by atoms with Crippen molar-refractivity contribution < 1.29 is 4.74 Å². The highest BCUT2D eigenvalue weighted by Crippen LogP contribution is 2.17. The minimum atomic E-state index is -0.0860. The van der Waals surface area contributed by atoms with E-state index in [1.807, 2.05) is 31.2 Å². The van der Waals surface area contributed by atoms with E-state index in [1.54, 1.807) is 7.11 Å². The van der Waals surface area contributed by atoms with E-state index in [2.05, 4.69) is 18.3 Å². The highest BCUT2D eigenvalue weighted by Gasteiger charge is 2.10. The zero-order chi connectivity index (χ0) is 12.0. The van der Waals surface area contributed by atoms with Crippen LogP contribution in [0.2, 0.25) is 0 Å². The second kappa shape index (κ2) is 6.14. The predicted molar refractivity (Wildman–Crippen MR) is 64.2 cm³/mol. The van der Waals surface area contributed by atoms with E-state index < -0.39 is 0 Å². The molecule has 0 aliphatic rings. The van der Waals surface area contributed by atoms with Crippen LogP contribution in [0.5, 0.6) is 5.75 Å². The van der Waals surface area contributed by atoms with Crippen LogP contribution in [0.15, 0.2) is 24.3 Å². The standard InChI is InChI=1S/C13H18N2O/c1-4-12(9-14)15-10(2)11-5-7-13(16-3)8-6-11/h5-8,10,12,15H,4H2,1-3H3/t10-,12?/m0/s1. The van der Waals surface area contributed by atoms with Crippen LogP contribution in [-0.4, -0.2) is 13.2 Å². The highest BCUT2D eigenvalue weighted by atomic mass is 16.5. The van der Waals surface area contributed by atoms with Crippen LogP contribution in [0.1, 0.15) is 31.9 Å². The molecule has 2 atom stereocenters. The Balaban J connectivity index is 2.65. The molecule has 0 bridgehead atoms. The molecule has 0 spiro atoms. The Bertz CT molecular complexity index is 353. The Labute approximate surface area is 97.0 Å². The van der Waals surface area contributed by atoms with Gasteiger partial charge >= 0.3 is 0 Å². The van der Waals surface area contributed by atoms with Gasteiger partial charge in [0.25, 0.3) is 0 Å². The van der Waals surface area contributed by atoms with Crippen molar-refractivity contribution in [2.75, 3.05) is 7.11 Å². The third kappa shape index (κ3) is 3.25. The summed E-state index contributed by atoms with van der Waals surface area (Å²) in [6.07, 6.45) is 0.816. The third-order valence-corrected chi connectivity index (χ3v) is 2.63. The van der Waals surface area contributed by atoms with E-state index in [4.69, 9.17) is 10.00 Å². The number of nitriles is 1. The lowest BCUT2D eigenvalue weighted by molar-refractivity contribution is 0.414. The second-order valence-electron chi connectivity index (χ2n) is 3.75. The molecule has 1 N–H and O–H groups in total. The van der Waals surface area contributed by atoms with Gasteiger partial charge in [0, 0.05) is 6.04 Å². The SMILES string of the molecule is CCC(C#N)N[C@@H](C)c1ccc(OC)cc1. The lowest BCUT2D eigenvalue weighted by atomic mass is 10.1. The number of hydrogen-bond donors (Lipinski definition) is 1. The monoisotopic (exact) mass is 218 g/mol. The van der Waals surface area contributed by atoms with Crippen LogP contribution in [0.25, 0.3) is 0 Å². The van der Waals surface area contributed by atoms with Crippen LogP contribution in [0.3, 0.4) is 0 Å². The van der Waals surface area contributed by atoms with Crippen molar-refractivity contribution >= 4 is 0 Å². The van der Waals surface area contributed by atoms with Crippen LogP contribution in [0.4, 0.5) is 0 Å². The number of benzene rings is 1. The molecule has 0 aromatic heterocycles. The molecule has 86 valence electrons. The van der Waals surface area contributed by atoms with E-state index in [0.717, 1.165) is 17.7 Å². The molecule has 0 aliphatic carbocycles. The Morgan fingerprint density at radius 2 is 2.00 bits per heavy atom. The number of nitrogens with one attached hydrogen (secondary N) is 1. The van der Waals surface area contributed by atoms with Gasteiger partial charge in [0.15, 0.2) is 0 Å². The minimum Gasteiger partial charge on any atom is -0.497 e. The molecule has 0 saturated carbocycles. The van der Waals surface area contributed by atoms with Crippen LogP contribution in [-0.2, 0) is 0 Å². The molecule has 1 aromatic carbocycles. The van der Waals surface area contributed by atoms with Crippen molar-refractivity contribution in [2.45, 2.75) is 32.4 Å². The van der Waals surface area contributed by atoms with Gasteiger partial charge in [-0.25, -0.2) is 0 Å². The first-order valence-corrected chi connectivity index (χ1v) is 5.50. The van der Waals surface area contributed by atoms with Gasteiger partial charge in [0.05, 0.1) is 19.2 Å². The van der Waals surface area contributed by atoms with Crippen LogP contribution >= 0.6 is 0 Å². The van der Waals surface area contributed by atoms with E-state index in [1.165, 1.54) is 0 Å². The number of methoxy groups -OCH3 is 1. The summed E-state index contributed by atoms with van der Waals surface area (Å²) in [5.41, 5.74) is 1.16. The summed E-state index contributed by atoms with van der Waals surface area (Å²) >= 11 is 0. The summed E-state index contributed by atoms with van der Waals surface area (Å²) in [6.45, 7) is 4.06. The topological polar surface area (TPSA) is 45.0 Å². The van der Waals surface area contributed by atoms with Crippen molar-refractivity contribution in [1.82, 2.24) is 5.32 Å². The molecule has 1 rings (SSSR count). The molecule has 1 aromatic rings. The van der Waals surface area contributed by atoms with Gasteiger partial charge in [-0.2, -0.15) is 5.26 Å². The Kier molecular flexibility index (Phi) is 4.81. The maximum Gasteiger partial charge on any atom is 0.118 e. The second-order valence-corrected chi connectivity index (χ2v) is 3.75. The Hall–Kier alpha value is -1.53. The maximum absolute atomic E-state index is 8.87. The van der Waals surface area contributed by atoms with Crippen molar-refractivity contribution in [3.05, 3.63) is 29.8 Å². The zero-order valence-electron chi connectivity index (χ0n) is 10.0. The van der Waals surface area contributed by atoms with Gasteiger partial charge < -0.3 is 4.74 Å². The van der Waals surface area contributed by atoms with Crippen molar-refractivity contribution in [3.63, 3.8) is 0 Å². The summed E-state index contributed by atoms with van der Waals surface area (Å²) < 4.78 is 5.10. The molecule has 0 fully saturated rings. The molecule has 0 saturated heterocycles. The predicted octanol–water partition coefficient (Wildman–Crippen LogP) is 2.65.